The molecular formula is C18H20NO2+. The molecule has 0 aliphatic carbocycles. The van der Waals surface area contributed by atoms with Gasteiger partial charge in [-0.25, -0.2) is 0 Å². The summed E-state index contributed by atoms with van der Waals surface area (Å²) in [7, 11) is 4.15. The van der Waals surface area contributed by atoms with Crippen LogP contribution in [-0.2, 0) is 13.0 Å². The smallest absolute Gasteiger partial charge is 0.135 e. The van der Waals surface area contributed by atoms with Crippen LogP contribution in [0.2, 0.25) is 0 Å². The predicted molar refractivity (Wildman–Crippen MR) is 83.6 cm³/mol. The Balaban J connectivity index is 1.99. The zero-order valence-corrected chi connectivity index (χ0v) is 12.4. The molecule has 2 N–H and O–H groups in total. The highest BCUT2D eigenvalue weighted by Crippen LogP contribution is 2.30. The van der Waals surface area contributed by atoms with Crippen molar-refractivity contribution in [2.45, 2.75) is 13.0 Å². The van der Waals surface area contributed by atoms with E-state index in [0.717, 1.165) is 35.3 Å². The first-order chi connectivity index (χ1) is 10.1. The molecule has 21 heavy (non-hydrogen) atoms. The molecule has 0 radical (unpaired) electrons. The summed E-state index contributed by atoms with van der Waals surface area (Å²) in [5.74, 6) is 1.27. The molecule has 3 heteroatoms. The number of quaternary nitrogens is 1. The number of hydrogen-bond acceptors (Lipinski definition) is 2. The van der Waals surface area contributed by atoms with E-state index in [-0.39, 0.29) is 0 Å². The van der Waals surface area contributed by atoms with Gasteiger partial charge >= 0.3 is 0 Å². The third-order valence-corrected chi connectivity index (χ3v) is 3.59. The Morgan fingerprint density at radius 1 is 1.05 bits per heavy atom. The summed E-state index contributed by atoms with van der Waals surface area (Å²) in [5, 5.41) is 11.1. The summed E-state index contributed by atoms with van der Waals surface area (Å²) in [6.07, 6.45) is 0.768. The summed E-state index contributed by atoms with van der Waals surface area (Å²) >= 11 is 0. The van der Waals surface area contributed by atoms with E-state index in [9.17, 15) is 5.11 Å². The maximum absolute atomic E-state index is 10.1. The van der Waals surface area contributed by atoms with E-state index in [2.05, 4.69) is 32.3 Å². The lowest BCUT2D eigenvalue weighted by Crippen LogP contribution is -3.04. The van der Waals surface area contributed by atoms with E-state index in [1.165, 1.54) is 10.5 Å². The molecule has 1 aromatic heterocycles. The minimum atomic E-state index is 0.343. The SMILES string of the molecule is C[NH+](C)Cc1c(O)ccc2oc(Cc3ccccc3)cc12. The average molecular weight is 282 g/mol. The van der Waals surface area contributed by atoms with Crippen LogP contribution in [0.4, 0.5) is 0 Å². The molecule has 0 unspecified atom stereocenters. The number of phenols is 1. The largest absolute Gasteiger partial charge is 0.507 e. The molecule has 0 saturated heterocycles. The zero-order valence-electron chi connectivity index (χ0n) is 12.4. The molecule has 3 rings (SSSR count). The molecule has 0 aliphatic rings. The Morgan fingerprint density at radius 2 is 1.81 bits per heavy atom. The summed E-state index contributed by atoms with van der Waals surface area (Å²) < 4.78 is 5.93. The predicted octanol–water partition coefficient (Wildman–Crippen LogP) is 2.37. The Morgan fingerprint density at radius 3 is 2.52 bits per heavy atom. The standard InChI is InChI=1S/C18H19NO2/c1-19(2)12-16-15-11-14(10-13-6-4-3-5-7-13)21-18(15)9-8-17(16)20/h3-9,11,20H,10,12H2,1-2H3/p+1. The monoisotopic (exact) mass is 282 g/mol. The number of aromatic hydroxyl groups is 1. The Kier molecular flexibility index (Phi) is 3.67. The number of furan rings is 1. The summed E-state index contributed by atoms with van der Waals surface area (Å²) in [6, 6.07) is 15.9. The van der Waals surface area contributed by atoms with Gasteiger partial charge in [0.1, 0.15) is 23.6 Å². The quantitative estimate of drug-likeness (QED) is 0.771. The van der Waals surface area contributed by atoms with Gasteiger partial charge in [0.2, 0.25) is 0 Å². The highest BCUT2D eigenvalue weighted by Gasteiger charge is 2.14. The average Bonchev–Trinajstić information content (AvgIpc) is 2.86. The maximum Gasteiger partial charge on any atom is 0.135 e. The first-order valence-electron chi connectivity index (χ1n) is 7.19. The lowest BCUT2D eigenvalue weighted by molar-refractivity contribution is -0.872. The highest BCUT2D eigenvalue weighted by atomic mass is 16.3. The van der Waals surface area contributed by atoms with Gasteiger partial charge in [0.25, 0.3) is 0 Å². The van der Waals surface area contributed by atoms with E-state index in [1.54, 1.807) is 6.07 Å². The van der Waals surface area contributed by atoms with Crippen molar-refractivity contribution < 1.29 is 14.4 Å². The number of nitrogens with one attached hydrogen (secondary N) is 1. The van der Waals surface area contributed by atoms with Gasteiger partial charge in [-0.3, -0.25) is 0 Å². The first kappa shape index (κ1) is 13.7. The fraction of sp³-hybridized carbons (Fsp3) is 0.222. The van der Waals surface area contributed by atoms with Gasteiger partial charge in [-0.2, -0.15) is 0 Å². The zero-order chi connectivity index (χ0) is 14.8. The van der Waals surface area contributed by atoms with Crippen LogP contribution in [0, 0.1) is 0 Å². The summed E-state index contributed by atoms with van der Waals surface area (Å²) in [5.41, 5.74) is 3.02. The molecule has 0 spiro atoms. The normalized spacial score (nSPS) is 11.4. The molecule has 0 saturated carbocycles. The van der Waals surface area contributed by atoms with Crippen LogP contribution in [0.15, 0.2) is 52.9 Å². The van der Waals surface area contributed by atoms with Crippen molar-refractivity contribution in [2.24, 2.45) is 0 Å². The number of rotatable bonds is 4. The van der Waals surface area contributed by atoms with Crippen LogP contribution < -0.4 is 4.90 Å². The lowest BCUT2D eigenvalue weighted by atomic mass is 10.1. The van der Waals surface area contributed by atoms with Crippen molar-refractivity contribution in [3.63, 3.8) is 0 Å². The van der Waals surface area contributed by atoms with Gasteiger partial charge in [0, 0.05) is 11.8 Å². The van der Waals surface area contributed by atoms with Crippen LogP contribution in [0.5, 0.6) is 5.75 Å². The molecule has 3 aromatic rings. The minimum absolute atomic E-state index is 0.343. The summed E-state index contributed by atoms with van der Waals surface area (Å²) in [4.78, 5) is 1.27. The molecular weight excluding hydrogens is 262 g/mol. The molecule has 0 bridgehead atoms. The number of hydrogen-bond donors (Lipinski definition) is 2. The van der Waals surface area contributed by atoms with Crippen molar-refractivity contribution in [1.29, 1.82) is 0 Å². The third kappa shape index (κ3) is 2.93. The second-order valence-corrected chi connectivity index (χ2v) is 5.73. The molecule has 2 aromatic carbocycles. The number of phenolic OH excluding ortho intramolecular Hbond substituents is 1. The van der Waals surface area contributed by atoms with Gasteiger partial charge < -0.3 is 14.4 Å². The molecule has 3 nitrogen and oxygen atoms in total. The van der Waals surface area contributed by atoms with Crippen molar-refractivity contribution in [3.05, 3.63) is 65.4 Å². The van der Waals surface area contributed by atoms with Crippen molar-refractivity contribution in [2.75, 3.05) is 14.1 Å². The minimum Gasteiger partial charge on any atom is -0.507 e. The Labute approximate surface area is 124 Å². The molecule has 0 fully saturated rings. The highest BCUT2D eigenvalue weighted by molar-refractivity contribution is 5.84. The van der Waals surface area contributed by atoms with Crippen LogP contribution in [0.1, 0.15) is 16.9 Å². The van der Waals surface area contributed by atoms with E-state index in [1.807, 2.05) is 24.3 Å². The second kappa shape index (κ2) is 5.62. The number of benzene rings is 2. The van der Waals surface area contributed by atoms with E-state index >= 15 is 0 Å². The van der Waals surface area contributed by atoms with E-state index < -0.39 is 0 Å². The molecule has 0 atom stereocenters. The molecule has 0 amide bonds. The second-order valence-electron chi connectivity index (χ2n) is 5.73. The Hall–Kier alpha value is -2.26. The molecule has 108 valence electrons. The first-order valence-corrected chi connectivity index (χ1v) is 7.19. The van der Waals surface area contributed by atoms with Crippen molar-refractivity contribution >= 4 is 11.0 Å². The van der Waals surface area contributed by atoms with E-state index in [0.29, 0.717) is 5.75 Å². The van der Waals surface area contributed by atoms with Crippen LogP contribution in [0.25, 0.3) is 11.0 Å². The van der Waals surface area contributed by atoms with Crippen LogP contribution >= 0.6 is 0 Å². The molecule has 1 heterocycles. The van der Waals surface area contributed by atoms with Gasteiger partial charge in [-0.15, -0.1) is 0 Å². The van der Waals surface area contributed by atoms with Gasteiger partial charge in [-0.05, 0) is 23.8 Å². The van der Waals surface area contributed by atoms with Gasteiger partial charge in [-0.1, -0.05) is 30.3 Å². The van der Waals surface area contributed by atoms with Gasteiger partial charge in [0.05, 0.1) is 19.7 Å². The third-order valence-electron chi connectivity index (χ3n) is 3.59. The molecule has 0 aliphatic heterocycles. The van der Waals surface area contributed by atoms with Crippen LogP contribution in [-0.4, -0.2) is 19.2 Å². The summed E-state index contributed by atoms with van der Waals surface area (Å²) in [6.45, 7) is 0.771. The van der Waals surface area contributed by atoms with Crippen molar-refractivity contribution in [1.82, 2.24) is 0 Å². The van der Waals surface area contributed by atoms with Crippen LogP contribution in [0.3, 0.4) is 0 Å². The topological polar surface area (TPSA) is 37.8 Å². The van der Waals surface area contributed by atoms with Gasteiger partial charge in [0.15, 0.2) is 0 Å². The number of fused-ring (bicyclic) bond motifs is 1. The fourth-order valence-corrected chi connectivity index (χ4v) is 2.63. The lowest BCUT2D eigenvalue weighted by Gasteiger charge is -2.09. The fourth-order valence-electron chi connectivity index (χ4n) is 2.63. The van der Waals surface area contributed by atoms with E-state index in [4.69, 9.17) is 4.42 Å². The maximum atomic E-state index is 10.1. The Bertz CT molecular complexity index is 745. The van der Waals surface area contributed by atoms with Crippen molar-refractivity contribution in [3.8, 4) is 5.75 Å².